The summed E-state index contributed by atoms with van der Waals surface area (Å²) in [6.07, 6.45) is 5.12. The molecule has 0 aliphatic heterocycles. The first-order valence-electron chi connectivity index (χ1n) is 7.05. The fraction of sp³-hybridized carbons (Fsp3) is 0.533. The van der Waals surface area contributed by atoms with Crippen LogP contribution in [0.15, 0.2) is 29.2 Å². The van der Waals surface area contributed by atoms with Crippen LogP contribution in [-0.2, 0) is 9.84 Å². The van der Waals surface area contributed by atoms with Crippen molar-refractivity contribution in [1.29, 1.82) is 5.26 Å². The van der Waals surface area contributed by atoms with Crippen molar-refractivity contribution in [2.45, 2.75) is 30.6 Å². The van der Waals surface area contributed by atoms with Crippen molar-refractivity contribution in [3.63, 3.8) is 0 Å². The van der Waals surface area contributed by atoms with E-state index < -0.39 is 9.84 Å². The SMILES string of the molecule is N#Cc1ccc(S(=O)(=O)CCNCC2CCCC2)cc1. The van der Waals surface area contributed by atoms with Gasteiger partial charge in [-0.25, -0.2) is 8.42 Å². The van der Waals surface area contributed by atoms with Crippen molar-refractivity contribution in [3.8, 4) is 6.07 Å². The van der Waals surface area contributed by atoms with Gasteiger partial charge < -0.3 is 5.32 Å². The lowest BCUT2D eigenvalue weighted by Crippen LogP contribution is -2.27. The lowest BCUT2D eigenvalue weighted by molar-refractivity contribution is 0.497. The molecular weight excluding hydrogens is 272 g/mol. The largest absolute Gasteiger partial charge is 0.315 e. The third-order valence-electron chi connectivity index (χ3n) is 3.80. The Bertz CT molecular complexity index is 567. The Morgan fingerprint density at radius 1 is 1.20 bits per heavy atom. The Labute approximate surface area is 120 Å². The summed E-state index contributed by atoms with van der Waals surface area (Å²) < 4.78 is 24.2. The zero-order valence-corrected chi connectivity index (χ0v) is 12.3. The quantitative estimate of drug-likeness (QED) is 0.815. The van der Waals surface area contributed by atoms with E-state index in [9.17, 15) is 8.42 Å². The van der Waals surface area contributed by atoms with E-state index in [-0.39, 0.29) is 5.75 Å². The molecule has 0 unspecified atom stereocenters. The summed E-state index contributed by atoms with van der Waals surface area (Å²) in [6, 6.07) is 8.07. The second-order valence-electron chi connectivity index (χ2n) is 5.31. The Kier molecular flexibility index (Phi) is 5.16. The maximum absolute atomic E-state index is 12.1. The van der Waals surface area contributed by atoms with Gasteiger partial charge >= 0.3 is 0 Å². The Hall–Kier alpha value is -1.38. The lowest BCUT2D eigenvalue weighted by atomic mass is 10.1. The maximum Gasteiger partial charge on any atom is 0.179 e. The molecule has 0 saturated heterocycles. The minimum Gasteiger partial charge on any atom is -0.315 e. The zero-order valence-electron chi connectivity index (χ0n) is 11.5. The second-order valence-corrected chi connectivity index (χ2v) is 7.42. The summed E-state index contributed by atoms with van der Waals surface area (Å²) >= 11 is 0. The predicted octanol–water partition coefficient (Wildman–Crippen LogP) is 2.11. The van der Waals surface area contributed by atoms with Crippen molar-refractivity contribution >= 4 is 9.84 Å². The van der Waals surface area contributed by atoms with E-state index in [0.29, 0.717) is 22.9 Å². The highest BCUT2D eigenvalue weighted by Crippen LogP contribution is 2.23. The molecule has 0 amide bonds. The summed E-state index contributed by atoms with van der Waals surface area (Å²) in [5.74, 6) is 0.818. The molecule has 108 valence electrons. The van der Waals surface area contributed by atoms with Gasteiger partial charge in [-0.2, -0.15) is 5.26 Å². The summed E-state index contributed by atoms with van der Waals surface area (Å²) in [4.78, 5) is 0.291. The van der Waals surface area contributed by atoms with E-state index >= 15 is 0 Å². The Morgan fingerprint density at radius 3 is 2.45 bits per heavy atom. The molecule has 20 heavy (non-hydrogen) atoms. The van der Waals surface area contributed by atoms with E-state index in [1.54, 1.807) is 12.1 Å². The second kappa shape index (κ2) is 6.87. The highest BCUT2D eigenvalue weighted by molar-refractivity contribution is 7.91. The molecule has 0 heterocycles. The molecule has 1 aliphatic rings. The number of benzene rings is 1. The van der Waals surface area contributed by atoms with Crippen LogP contribution in [0.5, 0.6) is 0 Å². The van der Waals surface area contributed by atoms with Crippen LogP contribution in [-0.4, -0.2) is 27.3 Å². The van der Waals surface area contributed by atoms with Gasteiger partial charge in [0.2, 0.25) is 0 Å². The van der Waals surface area contributed by atoms with Gasteiger partial charge in [0.05, 0.1) is 22.3 Å². The van der Waals surface area contributed by atoms with Gasteiger partial charge in [-0.3, -0.25) is 0 Å². The van der Waals surface area contributed by atoms with Gasteiger partial charge in [-0.1, -0.05) is 12.8 Å². The highest BCUT2D eigenvalue weighted by Gasteiger charge is 2.16. The maximum atomic E-state index is 12.1. The van der Waals surface area contributed by atoms with E-state index in [1.165, 1.54) is 37.8 Å². The molecule has 4 nitrogen and oxygen atoms in total. The number of rotatable bonds is 6. The smallest absolute Gasteiger partial charge is 0.179 e. The van der Waals surface area contributed by atoms with Crippen molar-refractivity contribution in [2.24, 2.45) is 5.92 Å². The number of hydrogen-bond acceptors (Lipinski definition) is 4. The van der Waals surface area contributed by atoms with Crippen LogP contribution >= 0.6 is 0 Å². The van der Waals surface area contributed by atoms with E-state index in [2.05, 4.69) is 5.32 Å². The Balaban J connectivity index is 1.82. The number of nitriles is 1. The van der Waals surface area contributed by atoms with Crippen LogP contribution in [0, 0.1) is 17.2 Å². The van der Waals surface area contributed by atoms with Gasteiger partial charge in [-0.15, -0.1) is 0 Å². The highest BCUT2D eigenvalue weighted by atomic mass is 32.2. The molecule has 1 aromatic carbocycles. The van der Waals surface area contributed by atoms with Crippen LogP contribution < -0.4 is 5.32 Å². The minimum absolute atomic E-state index is 0.103. The van der Waals surface area contributed by atoms with Gasteiger partial charge in [-0.05, 0) is 49.6 Å². The molecule has 1 N–H and O–H groups in total. The standard InChI is InChI=1S/C15H20N2O2S/c16-11-13-5-7-15(8-6-13)20(18,19)10-9-17-12-14-3-1-2-4-14/h5-8,14,17H,1-4,9-10,12H2. The van der Waals surface area contributed by atoms with Gasteiger partial charge in [0.15, 0.2) is 9.84 Å². The van der Waals surface area contributed by atoms with E-state index in [4.69, 9.17) is 5.26 Å². The number of sulfone groups is 1. The summed E-state index contributed by atoms with van der Waals surface area (Å²) in [6.45, 7) is 1.40. The molecule has 0 atom stereocenters. The minimum atomic E-state index is -3.25. The van der Waals surface area contributed by atoms with Crippen molar-refractivity contribution in [2.75, 3.05) is 18.8 Å². The zero-order chi connectivity index (χ0) is 14.4. The van der Waals surface area contributed by atoms with Crippen molar-refractivity contribution in [3.05, 3.63) is 29.8 Å². The topological polar surface area (TPSA) is 70.0 Å². The van der Waals surface area contributed by atoms with Crippen LogP contribution in [0.2, 0.25) is 0 Å². The van der Waals surface area contributed by atoms with Crippen LogP contribution in [0.4, 0.5) is 0 Å². The first kappa shape index (κ1) is 15.0. The van der Waals surface area contributed by atoms with Crippen molar-refractivity contribution in [1.82, 2.24) is 5.32 Å². The summed E-state index contributed by atoms with van der Waals surface area (Å²) in [5.41, 5.74) is 0.475. The number of nitrogens with zero attached hydrogens (tertiary/aromatic N) is 1. The molecule has 0 radical (unpaired) electrons. The van der Waals surface area contributed by atoms with Crippen LogP contribution in [0.25, 0.3) is 0 Å². The summed E-state index contributed by atoms with van der Waals surface area (Å²) in [7, 11) is -3.25. The third kappa shape index (κ3) is 4.06. The first-order chi connectivity index (χ1) is 9.62. The molecule has 1 aliphatic carbocycles. The lowest BCUT2D eigenvalue weighted by Gasteiger charge is -2.10. The van der Waals surface area contributed by atoms with Crippen molar-refractivity contribution < 1.29 is 8.42 Å². The molecule has 5 heteroatoms. The third-order valence-corrected chi connectivity index (χ3v) is 5.53. The fourth-order valence-electron chi connectivity index (χ4n) is 2.58. The monoisotopic (exact) mass is 292 g/mol. The molecule has 1 fully saturated rings. The average Bonchev–Trinajstić information content (AvgIpc) is 2.97. The first-order valence-corrected chi connectivity index (χ1v) is 8.71. The predicted molar refractivity (Wildman–Crippen MR) is 78.0 cm³/mol. The van der Waals surface area contributed by atoms with Gasteiger partial charge in [0.1, 0.15) is 0 Å². The summed E-state index contributed by atoms with van der Waals surface area (Å²) in [5, 5.41) is 11.9. The number of nitrogens with one attached hydrogen (secondary N) is 1. The molecule has 1 saturated carbocycles. The van der Waals surface area contributed by atoms with Gasteiger partial charge in [0.25, 0.3) is 0 Å². The normalized spacial score (nSPS) is 16.1. The van der Waals surface area contributed by atoms with Crippen LogP contribution in [0.1, 0.15) is 31.2 Å². The average molecular weight is 292 g/mol. The van der Waals surface area contributed by atoms with E-state index in [1.807, 2.05) is 6.07 Å². The molecule has 0 spiro atoms. The van der Waals surface area contributed by atoms with E-state index in [0.717, 1.165) is 6.54 Å². The Morgan fingerprint density at radius 2 is 1.85 bits per heavy atom. The molecule has 2 rings (SSSR count). The number of hydrogen-bond donors (Lipinski definition) is 1. The molecule has 1 aromatic rings. The van der Waals surface area contributed by atoms with Gasteiger partial charge in [0, 0.05) is 6.54 Å². The van der Waals surface area contributed by atoms with Crippen LogP contribution in [0.3, 0.4) is 0 Å². The molecule has 0 aromatic heterocycles. The molecule has 0 bridgehead atoms. The fourth-order valence-corrected chi connectivity index (χ4v) is 3.78. The molecular formula is C15H20N2O2S.